The van der Waals surface area contributed by atoms with Gasteiger partial charge in [-0.2, -0.15) is 0 Å². The Hall–Kier alpha value is -1.55. The summed E-state index contributed by atoms with van der Waals surface area (Å²) in [5, 5.41) is 6.40. The third kappa shape index (κ3) is 4.56. The Kier molecular flexibility index (Phi) is 5.21. The first kappa shape index (κ1) is 13.9. The van der Waals surface area contributed by atoms with E-state index in [0.717, 1.165) is 43.9 Å². The van der Waals surface area contributed by atoms with Crippen molar-refractivity contribution in [2.45, 2.75) is 38.6 Å². The van der Waals surface area contributed by atoms with Gasteiger partial charge in [-0.1, -0.05) is 13.0 Å². The van der Waals surface area contributed by atoms with Crippen LogP contribution in [0.25, 0.3) is 0 Å². The van der Waals surface area contributed by atoms with Crippen LogP contribution in [0.1, 0.15) is 32.6 Å². The second-order valence-electron chi connectivity index (χ2n) is 4.87. The summed E-state index contributed by atoms with van der Waals surface area (Å²) in [4.78, 5) is 11.4. The number of hydrogen-bond acceptors (Lipinski definition) is 3. The van der Waals surface area contributed by atoms with E-state index in [4.69, 9.17) is 4.74 Å². The summed E-state index contributed by atoms with van der Waals surface area (Å²) in [6, 6.07) is 8.35. The Balaban J connectivity index is 1.95. The summed E-state index contributed by atoms with van der Waals surface area (Å²) in [7, 11) is 0. The molecule has 0 saturated carbocycles. The average Bonchev–Trinajstić information content (AvgIpc) is 2.67. The second kappa shape index (κ2) is 7.14. The van der Waals surface area contributed by atoms with Gasteiger partial charge in [0.2, 0.25) is 5.91 Å². The van der Waals surface area contributed by atoms with Crippen molar-refractivity contribution in [3.05, 3.63) is 24.3 Å². The van der Waals surface area contributed by atoms with Crippen molar-refractivity contribution >= 4 is 17.3 Å². The first-order chi connectivity index (χ1) is 9.28. The molecule has 1 aromatic carbocycles. The summed E-state index contributed by atoms with van der Waals surface area (Å²) >= 11 is 0. The van der Waals surface area contributed by atoms with Gasteiger partial charge in [-0.15, -0.1) is 0 Å². The molecule has 0 spiro atoms. The fraction of sp³-hybridized carbons (Fsp3) is 0.533. The van der Waals surface area contributed by atoms with Crippen LogP contribution in [0.5, 0.6) is 0 Å². The van der Waals surface area contributed by atoms with Crippen molar-refractivity contribution in [1.29, 1.82) is 0 Å². The lowest BCUT2D eigenvalue weighted by molar-refractivity contribution is -0.115. The van der Waals surface area contributed by atoms with Gasteiger partial charge in [-0.25, -0.2) is 0 Å². The highest BCUT2D eigenvalue weighted by atomic mass is 16.5. The van der Waals surface area contributed by atoms with Crippen molar-refractivity contribution in [3.63, 3.8) is 0 Å². The van der Waals surface area contributed by atoms with Crippen molar-refractivity contribution in [3.8, 4) is 0 Å². The minimum absolute atomic E-state index is 0.0417. The van der Waals surface area contributed by atoms with Gasteiger partial charge in [0.15, 0.2) is 0 Å². The molecule has 0 bridgehead atoms. The highest BCUT2D eigenvalue weighted by Gasteiger charge is 2.12. The van der Waals surface area contributed by atoms with Crippen LogP contribution in [-0.2, 0) is 9.53 Å². The highest BCUT2D eigenvalue weighted by molar-refractivity contribution is 5.90. The number of rotatable bonds is 4. The monoisotopic (exact) mass is 262 g/mol. The van der Waals surface area contributed by atoms with E-state index in [2.05, 4.69) is 10.6 Å². The molecule has 19 heavy (non-hydrogen) atoms. The maximum atomic E-state index is 11.4. The van der Waals surface area contributed by atoms with E-state index in [9.17, 15) is 4.79 Å². The molecule has 1 heterocycles. The third-order valence-corrected chi connectivity index (χ3v) is 3.29. The number of nitrogens with one attached hydrogen (secondary N) is 2. The Bertz CT molecular complexity index is 412. The van der Waals surface area contributed by atoms with Crippen molar-refractivity contribution in [2.24, 2.45) is 0 Å². The molecule has 1 atom stereocenters. The van der Waals surface area contributed by atoms with Crippen LogP contribution in [0.4, 0.5) is 11.4 Å². The number of hydrogen-bond donors (Lipinski definition) is 2. The van der Waals surface area contributed by atoms with Crippen molar-refractivity contribution in [2.75, 3.05) is 23.8 Å². The molecule has 1 fully saturated rings. The zero-order valence-electron chi connectivity index (χ0n) is 11.4. The van der Waals surface area contributed by atoms with Crippen LogP contribution in [0.2, 0.25) is 0 Å². The first-order valence-corrected chi connectivity index (χ1v) is 7.02. The van der Waals surface area contributed by atoms with E-state index in [1.54, 1.807) is 0 Å². The SMILES string of the molecule is CCC(=O)Nc1cccc(NC2CCCOCC2)c1. The second-order valence-corrected chi connectivity index (χ2v) is 4.87. The van der Waals surface area contributed by atoms with Gasteiger partial charge in [0, 0.05) is 37.1 Å². The van der Waals surface area contributed by atoms with Crippen LogP contribution in [0, 0.1) is 0 Å². The quantitative estimate of drug-likeness (QED) is 0.877. The number of anilines is 2. The van der Waals surface area contributed by atoms with Gasteiger partial charge >= 0.3 is 0 Å². The molecule has 2 N–H and O–H groups in total. The number of amides is 1. The third-order valence-electron chi connectivity index (χ3n) is 3.29. The highest BCUT2D eigenvalue weighted by Crippen LogP contribution is 2.19. The van der Waals surface area contributed by atoms with E-state index in [1.165, 1.54) is 0 Å². The number of benzene rings is 1. The molecule has 0 aromatic heterocycles. The van der Waals surface area contributed by atoms with Gasteiger partial charge in [0.1, 0.15) is 0 Å². The smallest absolute Gasteiger partial charge is 0.224 e. The zero-order valence-corrected chi connectivity index (χ0v) is 11.4. The van der Waals surface area contributed by atoms with Crippen molar-refractivity contribution < 1.29 is 9.53 Å². The van der Waals surface area contributed by atoms with Crippen LogP contribution < -0.4 is 10.6 Å². The van der Waals surface area contributed by atoms with Gasteiger partial charge < -0.3 is 15.4 Å². The lowest BCUT2D eigenvalue weighted by Crippen LogP contribution is -2.19. The predicted octanol–water partition coefficient (Wildman–Crippen LogP) is 3.02. The van der Waals surface area contributed by atoms with Gasteiger partial charge in [-0.05, 0) is 37.5 Å². The van der Waals surface area contributed by atoms with E-state index < -0.39 is 0 Å². The maximum absolute atomic E-state index is 11.4. The van der Waals surface area contributed by atoms with E-state index in [0.29, 0.717) is 12.5 Å². The number of carbonyl (C=O) groups excluding carboxylic acids is 1. The molecular formula is C15H22N2O2. The molecular weight excluding hydrogens is 240 g/mol. The molecule has 1 amide bonds. The summed E-state index contributed by atoms with van der Waals surface area (Å²) in [6.07, 6.45) is 3.76. The zero-order chi connectivity index (χ0) is 13.5. The number of carbonyl (C=O) groups is 1. The Labute approximate surface area is 114 Å². The van der Waals surface area contributed by atoms with Crippen LogP contribution in [0.3, 0.4) is 0 Å². The standard InChI is InChI=1S/C15H22N2O2/c1-2-15(18)17-14-6-3-5-13(11-14)16-12-7-4-9-19-10-8-12/h3,5-6,11-12,16H,2,4,7-10H2,1H3,(H,17,18). The first-order valence-electron chi connectivity index (χ1n) is 7.02. The van der Waals surface area contributed by atoms with Crippen molar-refractivity contribution in [1.82, 2.24) is 0 Å². The summed E-state index contributed by atoms with van der Waals surface area (Å²) in [6.45, 7) is 3.54. The van der Waals surface area contributed by atoms with Crippen LogP contribution >= 0.6 is 0 Å². The van der Waals surface area contributed by atoms with Gasteiger partial charge in [0.25, 0.3) is 0 Å². The fourth-order valence-electron chi connectivity index (χ4n) is 2.22. The van der Waals surface area contributed by atoms with Gasteiger partial charge in [-0.3, -0.25) is 4.79 Å². The topological polar surface area (TPSA) is 50.4 Å². The average molecular weight is 262 g/mol. The molecule has 4 heteroatoms. The Morgan fingerprint density at radius 3 is 3.00 bits per heavy atom. The molecule has 104 valence electrons. The summed E-state index contributed by atoms with van der Waals surface area (Å²) < 4.78 is 5.46. The van der Waals surface area contributed by atoms with Crippen LogP contribution in [0.15, 0.2) is 24.3 Å². The summed E-state index contributed by atoms with van der Waals surface area (Å²) in [5.41, 5.74) is 1.91. The fourth-order valence-corrected chi connectivity index (χ4v) is 2.22. The van der Waals surface area contributed by atoms with E-state index in [1.807, 2.05) is 31.2 Å². The molecule has 0 radical (unpaired) electrons. The molecule has 2 rings (SSSR count). The lowest BCUT2D eigenvalue weighted by atomic mass is 10.1. The molecule has 1 unspecified atom stereocenters. The maximum Gasteiger partial charge on any atom is 0.224 e. The minimum atomic E-state index is 0.0417. The molecule has 1 saturated heterocycles. The predicted molar refractivity (Wildman–Crippen MR) is 77.4 cm³/mol. The Morgan fingerprint density at radius 1 is 1.32 bits per heavy atom. The molecule has 1 aromatic rings. The number of ether oxygens (including phenoxy) is 1. The molecule has 0 aliphatic carbocycles. The lowest BCUT2D eigenvalue weighted by Gasteiger charge is -2.17. The van der Waals surface area contributed by atoms with E-state index >= 15 is 0 Å². The molecule has 1 aliphatic rings. The summed E-state index contributed by atoms with van der Waals surface area (Å²) in [5.74, 6) is 0.0417. The minimum Gasteiger partial charge on any atom is -0.382 e. The normalized spacial score (nSPS) is 19.5. The Morgan fingerprint density at radius 2 is 2.16 bits per heavy atom. The van der Waals surface area contributed by atoms with Crippen LogP contribution in [-0.4, -0.2) is 25.2 Å². The molecule has 4 nitrogen and oxygen atoms in total. The molecule has 1 aliphatic heterocycles. The van der Waals surface area contributed by atoms with E-state index in [-0.39, 0.29) is 5.91 Å². The largest absolute Gasteiger partial charge is 0.382 e. The van der Waals surface area contributed by atoms with Gasteiger partial charge in [0.05, 0.1) is 0 Å².